The van der Waals surface area contributed by atoms with E-state index in [4.69, 9.17) is 16.3 Å². The van der Waals surface area contributed by atoms with Crippen molar-refractivity contribution in [2.75, 3.05) is 13.2 Å². The van der Waals surface area contributed by atoms with Crippen LogP contribution in [0.1, 0.15) is 41.2 Å². The van der Waals surface area contributed by atoms with Crippen molar-refractivity contribution in [2.24, 2.45) is 0 Å². The minimum atomic E-state index is -0.676. The number of carbonyl (C=O) groups is 2. The molecular formula is C30H35ClN2O3. The fourth-order valence-corrected chi connectivity index (χ4v) is 4.14. The van der Waals surface area contributed by atoms with Crippen molar-refractivity contribution in [1.82, 2.24) is 10.2 Å². The Labute approximate surface area is 219 Å². The number of hydrogen-bond donors (Lipinski definition) is 1. The summed E-state index contributed by atoms with van der Waals surface area (Å²) in [6, 6.07) is 20.7. The zero-order chi connectivity index (χ0) is 26.1. The molecule has 0 saturated carbocycles. The molecule has 5 nitrogen and oxygen atoms in total. The van der Waals surface area contributed by atoms with Crippen LogP contribution in [-0.4, -0.2) is 35.9 Å². The molecule has 6 heteroatoms. The maximum Gasteiger partial charge on any atom is 0.261 e. The van der Waals surface area contributed by atoms with Gasteiger partial charge in [0.25, 0.3) is 5.91 Å². The van der Waals surface area contributed by atoms with Gasteiger partial charge in [0.2, 0.25) is 5.91 Å². The van der Waals surface area contributed by atoms with E-state index in [1.54, 1.807) is 4.90 Å². The summed E-state index contributed by atoms with van der Waals surface area (Å²) in [5, 5.41) is 3.67. The number of benzene rings is 3. The van der Waals surface area contributed by atoms with Gasteiger partial charge in [-0.2, -0.15) is 0 Å². The quantitative estimate of drug-likeness (QED) is 0.357. The molecule has 0 radical (unpaired) electrons. The number of aryl methyl sites for hydroxylation is 3. The second-order valence-electron chi connectivity index (χ2n) is 9.16. The molecule has 3 aromatic carbocycles. The van der Waals surface area contributed by atoms with Crippen LogP contribution in [-0.2, 0) is 22.6 Å². The molecule has 0 aliphatic heterocycles. The first kappa shape index (κ1) is 27.3. The molecule has 190 valence electrons. The number of amides is 2. The van der Waals surface area contributed by atoms with E-state index in [9.17, 15) is 9.59 Å². The topological polar surface area (TPSA) is 58.6 Å². The predicted molar refractivity (Wildman–Crippen MR) is 145 cm³/mol. The number of nitrogens with one attached hydrogen (secondary N) is 1. The van der Waals surface area contributed by atoms with E-state index in [-0.39, 0.29) is 18.4 Å². The summed E-state index contributed by atoms with van der Waals surface area (Å²) in [6.45, 7) is 8.51. The van der Waals surface area contributed by atoms with Crippen LogP contribution >= 0.6 is 11.6 Å². The molecule has 0 fully saturated rings. The van der Waals surface area contributed by atoms with Crippen molar-refractivity contribution in [3.05, 3.63) is 99.6 Å². The van der Waals surface area contributed by atoms with Crippen LogP contribution in [0.2, 0.25) is 5.02 Å². The summed E-state index contributed by atoms with van der Waals surface area (Å²) in [5.74, 6) is 0.154. The highest BCUT2D eigenvalue weighted by Gasteiger charge is 2.30. The number of halogens is 1. The third-order valence-corrected chi connectivity index (χ3v) is 6.66. The summed E-state index contributed by atoms with van der Waals surface area (Å²) in [4.78, 5) is 28.6. The number of nitrogens with zero attached hydrogens (tertiary/aromatic N) is 1. The Balaban J connectivity index is 1.90. The van der Waals surface area contributed by atoms with Crippen LogP contribution in [0.5, 0.6) is 5.75 Å². The van der Waals surface area contributed by atoms with Gasteiger partial charge in [-0.05, 0) is 61.6 Å². The van der Waals surface area contributed by atoms with Crippen molar-refractivity contribution in [3.63, 3.8) is 0 Å². The first-order valence-electron chi connectivity index (χ1n) is 12.3. The Morgan fingerprint density at radius 3 is 2.19 bits per heavy atom. The van der Waals surface area contributed by atoms with Gasteiger partial charge in [0.1, 0.15) is 11.8 Å². The number of rotatable bonds is 11. The lowest BCUT2D eigenvalue weighted by Gasteiger charge is -2.31. The minimum Gasteiger partial charge on any atom is -0.484 e. The number of ether oxygens (including phenoxy) is 1. The van der Waals surface area contributed by atoms with Crippen molar-refractivity contribution in [2.45, 2.75) is 53.1 Å². The number of carbonyl (C=O) groups excluding carboxylic acids is 2. The molecular weight excluding hydrogens is 472 g/mol. The monoisotopic (exact) mass is 506 g/mol. The van der Waals surface area contributed by atoms with Gasteiger partial charge in [-0.25, -0.2) is 0 Å². The van der Waals surface area contributed by atoms with Crippen molar-refractivity contribution < 1.29 is 14.3 Å². The SMILES string of the molecule is CCCNC(=O)[C@@H](Cc1ccccc1)N(Cc1ccc(C)cc1)C(=O)COc1cc(C)c(Cl)c(C)c1. The molecule has 1 atom stereocenters. The summed E-state index contributed by atoms with van der Waals surface area (Å²) >= 11 is 6.28. The molecule has 0 bridgehead atoms. The van der Waals surface area contributed by atoms with Gasteiger partial charge >= 0.3 is 0 Å². The van der Waals surface area contributed by atoms with E-state index in [0.29, 0.717) is 30.3 Å². The lowest BCUT2D eigenvalue weighted by atomic mass is 10.0. The molecule has 0 aliphatic rings. The summed E-state index contributed by atoms with van der Waals surface area (Å²) in [5.41, 5.74) is 4.84. The zero-order valence-electron chi connectivity index (χ0n) is 21.5. The van der Waals surface area contributed by atoms with Gasteiger partial charge in [-0.15, -0.1) is 0 Å². The van der Waals surface area contributed by atoms with Gasteiger partial charge in [0.15, 0.2) is 6.61 Å². The Morgan fingerprint density at radius 2 is 1.58 bits per heavy atom. The zero-order valence-corrected chi connectivity index (χ0v) is 22.3. The molecule has 0 saturated heterocycles. The van der Waals surface area contributed by atoms with Gasteiger partial charge in [-0.3, -0.25) is 9.59 Å². The predicted octanol–water partition coefficient (Wildman–Crippen LogP) is 5.81. The number of hydrogen-bond acceptors (Lipinski definition) is 3. The Hall–Kier alpha value is -3.31. The summed E-state index contributed by atoms with van der Waals surface area (Å²) < 4.78 is 5.90. The van der Waals surface area contributed by atoms with E-state index in [1.165, 1.54) is 0 Å². The molecule has 0 aromatic heterocycles. The van der Waals surface area contributed by atoms with Crippen LogP contribution in [0.3, 0.4) is 0 Å². The highest BCUT2D eigenvalue weighted by atomic mass is 35.5. The van der Waals surface area contributed by atoms with Crippen LogP contribution in [0.4, 0.5) is 0 Å². The van der Waals surface area contributed by atoms with Gasteiger partial charge in [0, 0.05) is 24.5 Å². The normalized spacial score (nSPS) is 11.6. The molecule has 0 aliphatic carbocycles. The van der Waals surface area contributed by atoms with E-state index >= 15 is 0 Å². The fourth-order valence-electron chi connectivity index (χ4n) is 4.03. The van der Waals surface area contributed by atoms with E-state index in [1.807, 2.05) is 94.4 Å². The highest BCUT2D eigenvalue weighted by Crippen LogP contribution is 2.26. The summed E-state index contributed by atoms with van der Waals surface area (Å²) in [6.07, 6.45) is 1.22. The molecule has 0 spiro atoms. The van der Waals surface area contributed by atoms with E-state index in [2.05, 4.69) is 5.32 Å². The maximum atomic E-state index is 13.6. The van der Waals surface area contributed by atoms with Crippen LogP contribution in [0.25, 0.3) is 0 Å². The molecule has 0 heterocycles. The standard InChI is InChI=1S/C30H35ClN2O3/c1-5-15-32-30(35)27(18-24-9-7-6-8-10-24)33(19-25-13-11-21(2)12-14-25)28(34)20-36-26-16-22(3)29(31)23(4)17-26/h6-14,16-17,27H,5,15,18-20H2,1-4H3,(H,32,35)/t27-/m1/s1. The Bertz CT molecular complexity index is 1140. The van der Waals surface area contributed by atoms with Crippen molar-refractivity contribution in [3.8, 4) is 5.75 Å². The van der Waals surface area contributed by atoms with Crippen molar-refractivity contribution in [1.29, 1.82) is 0 Å². The average molecular weight is 507 g/mol. The van der Waals surface area contributed by atoms with E-state index < -0.39 is 6.04 Å². The second kappa shape index (κ2) is 13.1. The smallest absolute Gasteiger partial charge is 0.261 e. The van der Waals surface area contributed by atoms with Crippen LogP contribution < -0.4 is 10.1 Å². The fraction of sp³-hybridized carbons (Fsp3) is 0.333. The maximum absolute atomic E-state index is 13.6. The van der Waals surface area contributed by atoms with Crippen LogP contribution in [0.15, 0.2) is 66.7 Å². The molecule has 0 unspecified atom stereocenters. The third kappa shape index (κ3) is 7.59. The highest BCUT2D eigenvalue weighted by molar-refractivity contribution is 6.32. The largest absolute Gasteiger partial charge is 0.484 e. The first-order chi connectivity index (χ1) is 17.3. The molecule has 3 rings (SSSR count). The Kier molecular flexibility index (Phi) is 9.95. The van der Waals surface area contributed by atoms with Gasteiger partial charge in [-0.1, -0.05) is 78.7 Å². The third-order valence-electron chi connectivity index (χ3n) is 6.07. The first-order valence-corrected chi connectivity index (χ1v) is 12.7. The molecule has 36 heavy (non-hydrogen) atoms. The molecule has 1 N–H and O–H groups in total. The van der Waals surface area contributed by atoms with E-state index in [0.717, 1.165) is 34.2 Å². The lowest BCUT2D eigenvalue weighted by Crippen LogP contribution is -2.51. The van der Waals surface area contributed by atoms with Gasteiger partial charge < -0.3 is 15.0 Å². The van der Waals surface area contributed by atoms with Crippen molar-refractivity contribution >= 4 is 23.4 Å². The Morgan fingerprint density at radius 1 is 0.944 bits per heavy atom. The second-order valence-corrected chi connectivity index (χ2v) is 9.54. The van der Waals surface area contributed by atoms with Crippen LogP contribution in [0, 0.1) is 20.8 Å². The summed E-state index contributed by atoms with van der Waals surface area (Å²) in [7, 11) is 0. The average Bonchev–Trinajstić information content (AvgIpc) is 2.88. The lowest BCUT2D eigenvalue weighted by molar-refractivity contribution is -0.142. The van der Waals surface area contributed by atoms with Gasteiger partial charge in [0.05, 0.1) is 0 Å². The minimum absolute atomic E-state index is 0.167. The molecule has 2 amide bonds. The molecule has 3 aromatic rings.